The molecule has 0 radical (unpaired) electrons. The van der Waals surface area contributed by atoms with Crippen molar-refractivity contribution in [2.45, 2.75) is 25.9 Å². The number of nitrogens with two attached hydrogens (primary N) is 3. The molecule has 0 aromatic heterocycles. The second kappa shape index (κ2) is 7.02. The summed E-state index contributed by atoms with van der Waals surface area (Å²) in [5.74, 6) is -1.05. The number of benzene rings is 1. The van der Waals surface area contributed by atoms with Crippen molar-refractivity contribution in [2.24, 2.45) is 17.2 Å². The number of carbonyl (C=O) groups is 2. The van der Waals surface area contributed by atoms with Crippen molar-refractivity contribution in [2.75, 3.05) is 13.1 Å². The fourth-order valence-corrected chi connectivity index (χ4v) is 2.26. The highest BCUT2D eigenvalue weighted by Gasteiger charge is 2.26. The number of carbonyl (C=O) groups excluding carboxylic acids is 2. The van der Waals surface area contributed by atoms with Gasteiger partial charge in [0.25, 0.3) is 0 Å². The Labute approximate surface area is 118 Å². The lowest BCUT2D eigenvalue weighted by molar-refractivity contribution is -0.123. The van der Waals surface area contributed by atoms with Crippen LogP contribution < -0.4 is 17.2 Å². The zero-order valence-electron chi connectivity index (χ0n) is 11.9. The molecule has 0 spiro atoms. The first-order valence-corrected chi connectivity index (χ1v) is 6.44. The van der Waals surface area contributed by atoms with Crippen LogP contribution >= 0.6 is 0 Å². The third-order valence-electron chi connectivity index (χ3n) is 3.03. The Morgan fingerprint density at radius 1 is 1.10 bits per heavy atom. The van der Waals surface area contributed by atoms with E-state index in [9.17, 15) is 9.59 Å². The second-order valence-electron chi connectivity index (χ2n) is 5.05. The minimum Gasteiger partial charge on any atom is -0.369 e. The van der Waals surface area contributed by atoms with Crippen LogP contribution in [0.3, 0.4) is 0 Å². The molecular formula is C14H22N4O2. The van der Waals surface area contributed by atoms with Gasteiger partial charge in [0.1, 0.15) is 0 Å². The van der Waals surface area contributed by atoms with Crippen LogP contribution in [0.4, 0.5) is 0 Å². The highest BCUT2D eigenvalue weighted by Crippen LogP contribution is 2.23. The van der Waals surface area contributed by atoms with Crippen molar-refractivity contribution in [3.05, 3.63) is 35.4 Å². The van der Waals surface area contributed by atoms with E-state index in [1.54, 1.807) is 4.90 Å². The van der Waals surface area contributed by atoms with Gasteiger partial charge in [-0.1, -0.05) is 29.8 Å². The third kappa shape index (κ3) is 4.64. The van der Waals surface area contributed by atoms with Gasteiger partial charge in [0.15, 0.2) is 0 Å². The SMILES string of the molecule is Cc1ccc(C(C(C)N)N(CC(N)=O)CC(N)=O)cc1. The molecule has 1 aromatic carbocycles. The molecular weight excluding hydrogens is 256 g/mol. The number of primary amides is 2. The average molecular weight is 278 g/mol. The number of aryl methyl sites for hydroxylation is 1. The lowest BCUT2D eigenvalue weighted by Gasteiger charge is -2.33. The Bertz CT molecular complexity index is 455. The fraction of sp³-hybridized carbons (Fsp3) is 0.429. The lowest BCUT2D eigenvalue weighted by atomic mass is 9.98. The molecule has 0 bridgehead atoms. The monoisotopic (exact) mass is 278 g/mol. The Morgan fingerprint density at radius 3 is 1.90 bits per heavy atom. The number of amides is 2. The van der Waals surface area contributed by atoms with E-state index < -0.39 is 11.8 Å². The van der Waals surface area contributed by atoms with Crippen LogP contribution in [0.15, 0.2) is 24.3 Å². The fourth-order valence-electron chi connectivity index (χ4n) is 2.26. The minimum absolute atomic E-state index is 0.0664. The van der Waals surface area contributed by atoms with Crippen molar-refractivity contribution in [3.63, 3.8) is 0 Å². The Hall–Kier alpha value is -1.92. The van der Waals surface area contributed by atoms with Gasteiger partial charge < -0.3 is 17.2 Å². The number of rotatable bonds is 7. The molecule has 2 unspecified atom stereocenters. The van der Waals surface area contributed by atoms with Crippen molar-refractivity contribution in [3.8, 4) is 0 Å². The van der Waals surface area contributed by atoms with E-state index in [1.807, 2.05) is 38.1 Å². The van der Waals surface area contributed by atoms with Gasteiger partial charge in [0, 0.05) is 6.04 Å². The zero-order valence-corrected chi connectivity index (χ0v) is 11.9. The molecule has 1 aromatic rings. The zero-order chi connectivity index (χ0) is 15.3. The molecule has 110 valence electrons. The molecule has 0 aliphatic heterocycles. The van der Waals surface area contributed by atoms with E-state index in [2.05, 4.69) is 0 Å². The van der Waals surface area contributed by atoms with Crippen LogP contribution in [-0.4, -0.2) is 35.8 Å². The molecule has 0 saturated heterocycles. The summed E-state index contributed by atoms with van der Waals surface area (Å²) in [6, 6.07) is 7.19. The standard InChI is InChI=1S/C14H22N4O2/c1-9-3-5-11(6-4-9)14(10(2)15)18(7-12(16)19)8-13(17)20/h3-6,10,14H,7-8,15H2,1-2H3,(H2,16,19)(H2,17,20). The topological polar surface area (TPSA) is 115 Å². The Morgan fingerprint density at radius 2 is 1.55 bits per heavy atom. The van der Waals surface area contributed by atoms with E-state index in [0.29, 0.717) is 0 Å². The maximum atomic E-state index is 11.2. The summed E-state index contributed by atoms with van der Waals surface area (Å²) < 4.78 is 0. The van der Waals surface area contributed by atoms with E-state index in [4.69, 9.17) is 17.2 Å². The van der Waals surface area contributed by atoms with Gasteiger partial charge >= 0.3 is 0 Å². The first-order chi connectivity index (χ1) is 9.31. The summed E-state index contributed by atoms with van der Waals surface area (Å²) >= 11 is 0. The predicted molar refractivity (Wildman–Crippen MR) is 77.5 cm³/mol. The van der Waals surface area contributed by atoms with Crippen molar-refractivity contribution >= 4 is 11.8 Å². The quantitative estimate of drug-likeness (QED) is 0.632. The molecule has 0 aliphatic rings. The van der Waals surface area contributed by atoms with E-state index in [-0.39, 0.29) is 25.2 Å². The van der Waals surface area contributed by atoms with Gasteiger partial charge in [0.2, 0.25) is 11.8 Å². The van der Waals surface area contributed by atoms with Crippen LogP contribution in [0.1, 0.15) is 24.1 Å². The summed E-state index contributed by atoms with van der Waals surface area (Å²) in [4.78, 5) is 24.0. The molecule has 0 saturated carbocycles. The normalized spacial score (nSPS) is 14.0. The summed E-state index contributed by atoms with van der Waals surface area (Å²) in [6.07, 6.45) is 0. The molecule has 2 amide bonds. The summed E-state index contributed by atoms with van der Waals surface area (Å²) in [5.41, 5.74) is 18.5. The number of hydrogen-bond donors (Lipinski definition) is 3. The average Bonchev–Trinajstić information content (AvgIpc) is 2.29. The second-order valence-corrected chi connectivity index (χ2v) is 5.05. The molecule has 0 fully saturated rings. The molecule has 20 heavy (non-hydrogen) atoms. The van der Waals surface area contributed by atoms with Crippen LogP contribution in [0.5, 0.6) is 0 Å². The molecule has 0 aliphatic carbocycles. The molecule has 1 rings (SSSR count). The van der Waals surface area contributed by atoms with Crippen molar-refractivity contribution in [1.29, 1.82) is 0 Å². The van der Waals surface area contributed by atoms with Gasteiger partial charge in [0.05, 0.1) is 19.1 Å². The molecule has 6 heteroatoms. The molecule has 2 atom stereocenters. The first kappa shape index (κ1) is 16.1. The minimum atomic E-state index is -0.524. The largest absolute Gasteiger partial charge is 0.369 e. The van der Waals surface area contributed by atoms with E-state index in [0.717, 1.165) is 11.1 Å². The first-order valence-electron chi connectivity index (χ1n) is 6.44. The predicted octanol–water partition coefficient (Wildman–Crippen LogP) is -0.344. The van der Waals surface area contributed by atoms with Crippen molar-refractivity contribution < 1.29 is 9.59 Å². The third-order valence-corrected chi connectivity index (χ3v) is 3.03. The maximum Gasteiger partial charge on any atom is 0.231 e. The maximum absolute atomic E-state index is 11.2. The summed E-state index contributed by atoms with van der Waals surface area (Å²) in [6.45, 7) is 3.67. The molecule has 0 heterocycles. The van der Waals surface area contributed by atoms with E-state index >= 15 is 0 Å². The highest BCUT2D eigenvalue weighted by atomic mass is 16.2. The number of hydrogen-bond acceptors (Lipinski definition) is 4. The Balaban J connectivity index is 3.09. The molecule has 6 N–H and O–H groups in total. The Kier molecular flexibility index (Phi) is 5.66. The summed E-state index contributed by atoms with van der Waals surface area (Å²) in [5, 5.41) is 0. The summed E-state index contributed by atoms with van der Waals surface area (Å²) in [7, 11) is 0. The lowest BCUT2D eigenvalue weighted by Crippen LogP contribution is -2.47. The molecule has 6 nitrogen and oxygen atoms in total. The van der Waals surface area contributed by atoms with Crippen LogP contribution in [-0.2, 0) is 9.59 Å². The van der Waals surface area contributed by atoms with Gasteiger partial charge in [-0.3, -0.25) is 14.5 Å². The van der Waals surface area contributed by atoms with Gasteiger partial charge in [-0.05, 0) is 19.4 Å². The smallest absolute Gasteiger partial charge is 0.231 e. The van der Waals surface area contributed by atoms with Gasteiger partial charge in [-0.2, -0.15) is 0 Å². The van der Waals surface area contributed by atoms with Crippen LogP contribution in [0, 0.1) is 6.92 Å². The van der Waals surface area contributed by atoms with E-state index in [1.165, 1.54) is 0 Å². The van der Waals surface area contributed by atoms with Gasteiger partial charge in [-0.25, -0.2) is 0 Å². The number of nitrogens with zero attached hydrogens (tertiary/aromatic N) is 1. The van der Waals surface area contributed by atoms with Crippen LogP contribution in [0.2, 0.25) is 0 Å². The highest BCUT2D eigenvalue weighted by molar-refractivity contribution is 5.79. The van der Waals surface area contributed by atoms with Gasteiger partial charge in [-0.15, -0.1) is 0 Å². The van der Waals surface area contributed by atoms with Crippen molar-refractivity contribution in [1.82, 2.24) is 4.90 Å². The van der Waals surface area contributed by atoms with Crippen LogP contribution in [0.25, 0.3) is 0 Å².